The molecular formula is C19H29N5O15P2. The lowest BCUT2D eigenvalue weighted by Crippen LogP contribution is -2.49. The maximum atomic E-state index is 13.1. The Morgan fingerprint density at radius 2 is 1.54 bits per heavy atom. The normalized spacial score (nSPS) is 30.9. The Bertz CT molecular complexity index is 1360. The van der Waals surface area contributed by atoms with Crippen LogP contribution in [0.15, 0.2) is 16.6 Å². The van der Waals surface area contributed by atoms with Crippen LogP contribution in [-0.2, 0) is 27.7 Å². The van der Waals surface area contributed by atoms with E-state index in [-0.39, 0.29) is 18.5 Å². The van der Waals surface area contributed by atoms with Crippen LogP contribution >= 0.6 is 15.6 Å². The molecule has 1 aromatic rings. The summed E-state index contributed by atoms with van der Waals surface area (Å²) in [4.78, 5) is 66.3. The van der Waals surface area contributed by atoms with Crippen LogP contribution < -0.4 is 16.7 Å². The van der Waals surface area contributed by atoms with Gasteiger partial charge in [-0.1, -0.05) is 0 Å². The molecule has 4 heterocycles. The molecule has 4 rings (SSSR count). The number of aliphatic hydroxyl groups excluding tert-OH is 2. The van der Waals surface area contributed by atoms with Gasteiger partial charge in [-0.05, 0) is 12.5 Å². The van der Waals surface area contributed by atoms with E-state index < -0.39 is 95.1 Å². The van der Waals surface area contributed by atoms with Crippen LogP contribution in [0.4, 0.5) is 10.6 Å². The fourth-order valence-electron chi connectivity index (χ4n) is 4.67. The Morgan fingerprint density at radius 3 is 2.07 bits per heavy atom. The smallest absolute Gasteiger partial charge is 0.469 e. The molecule has 0 bridgehead atoms. The quantitative estimate of drug-likeness (QED) is 0.131. The van der Waals surface area contributed by atoms with E-state index in [1.54, 1.807) is 0 Å². The van der Waals surface area contributed by atoms with Crippen molar-refractivity contribution in [1.29, 1.82) is 0 Å². The van der Waals surface area contributed by atoms with E-state index in [0.29, 0.717) is 5.57 Å². The maximum absolute atomic E-state index is 13.1. The van der Waals surface area contributed by atoms with E-state index >= 15 is 0 Å². The lowest BCUT2D eigenvalue weighted by Gasteiger charge is -2.35. The van der Waals surface area contributed by atoms with Crippen molar-refractivity contribution in [3.05, 3.63) is 28.0 Å². The van der Waals surface area contributed by atoms with E-state index in [2.05, 4.69) is 19.3 Å². The number of phosphoric ester groups is 2. The number of nitrogens with two attached hydrogens (primary N) is 1. The van der Waals surface area contributed by atoms with Gasteiger partial charge in [-0.3, -0.25) is 18.5 Å². The molecule has 0 radical (unpaired) electrons. The molecule has 10 N–H and O–H groups in total. The molecule has 2 amide bonds. The minimum atomic E-state index is -4.90. The van der Waals surface area contributed by atoms with Crippen molar-refractivity contribution in [3.8, 4) is 5.75 Å². The molecule has 20 nitrogen and oxygen atoms in total. The second-order valence-electron chi connectivity index (χ2n) is 9.48. The Kier molecular flexibility index (Phi) is 8.97. The third kappa shape index (κ3) is 7.14. The molecular weight excluding hydrogens is 600 g/mol. The summed E-state index contributed by atoms with van der Waals surface area (Å²) in [6, 6.07) is -2.02. The molecule has 0 saturated carbocycles. The molecule has 3 aliphatic heterocycles. The zero-order valence-corrected chi connectivity index (χ0v) is 22.9. The van der Waals surface area contributed by atoms with Gasteiger partial charge in [-0.2, -0.15) is 4.98 Å². The number of aromatic nitrogens is 2. The van der Waals surface area contributed by atoms with E-state index in [4.69, 9.17) is 34.8 Å². The third-order valence-corrected chi connectivity index (χ3v) is 7.53. The Morgan fingerprint density at radius 1 is 1.02 bits per heavy atom. The van der Waals surface area contributed by atoms with Gasteiger partial charge in [0, 0.05) is 19.0 Å². The van der Waals surface area contributed by atoms with E-state index in [1.807, 2.05) is 0 Å². The molecule has 230 valence electrons. The van der Waals surface area contributed by atoms with Gasteiger partial charge in [-0.25, -0.2) is 18.7 Å². The molecule has 2 fully saturated rings. The number of phosphoric acid groups is 2. The highest BCUT2D eigenvalue weighted by Gasteiger charge is 2.44. The monoisotopic (exact) mass is 629 g/mol. The number of carbonyl (C=O) groups excluding carboxylic acids is 1. The number of nitrogens with one attached hydrogen (secondary N) is 1. The summed E-state index contributed by atoms with van der Waals surface area (Å²) in [5.74, 6) is -1.26. The molecule has 41 heavy (non-hydrogen) atoms. The van der Waals surface area contributed by atoms with Crippen LogP contribution in [0.1, 0.15) is 37.7 Å². The molecule has 0 aromatic carbocycles. The van der Waals surface area contributed by atoms with E-state index in [1.165, 1.54) is 13.1 Å². The SMILES string of the molecule is CC1=CN([C@H]2C[C@H](O)[C@@H](COP(=O)(O)O)O2)C(=O)NC1c1c(O)c(N)nc(=O)n1[C@H]1C[C@H](O)[C@@H](COP(=O)(O)O)O1. The molecule has 3 aliphatic rings. The van der Waals surface area contributed by atoms with Gasteiger partial charge < -0.3 is 55.4 Å². The number of urea groups is 1. The van der Waals surface area contributed by atoms with Gasteiger partial charge in [0.15, 0.2) is 11.6 Å². The van der Waals surface area contributed by atoms with Crippen molar-refractivity contribution in [1.82, 2.24) is 19.8 Å². The molecule has 7 atom stereocenters. The number of aliphatic hydroxyl groups is 2. The topological polar surface area (TPSA) is 306 Å². The predicted octanol–water partition coefficient (Wildman–Crippen LogP) is -2.16. The predicted molar refractivity (Wildman–Crippen MR) is 131 cm³/mol. The third-order valence-electron chi connectivity index (χ3n) is 6.56. The lowest BCUT2D eigenvalue weighted by atomic mass is 10.0. The number of amides is 2. The van der Waals surface area contributed by atoms with Crippen LogP contribution in [0.3, 0.4) is 0 Å². The van der Waals surface area contributed by atoms with Gasteiger partial charge in [0.05, 0.1) is 37.2 Å². The number of carbonyl (C=O) groups is 1. The highest BCUT2D eigenvalue weighted by molar-refractivity contribution is 7.46. The zero-order chi connectivity index (χ0) is 30.4. The van der Waals surface area contributed by atoms with Crippen molar-refractivity contribution in [2.24, 2.45) is 0 Å². The van der Waals surface area contributed by atoms with Crippen LogP contribution in [0.2, 0.25) is 0 Å². The molecule has 1 aromatic heterocycles. The fraction of sp³-hybridized carbons (Fsp3) is 0.632. The first-order chi connectivity index (χ1) is 18.9. The fourth-order valence-corrected chi connectivity index (χ4v) is 5.36. The second-order valence-corrected chi connectivity index (χ2v) is 12.0. The number of rotatable bonds is 9. The van der Waals surface area contributed by atoms with Gasteiger partial charge in [0.2, 0.25) is 0 Å². The molecule has 22 heteroatoms. The van der Waals surface area contributed by atoms with Crippen LogP contribution in [-0.4, -0.2) is 99.2 Å². The lowest BCUT2D eigenvalue weighted by molar-refractivity contribution is -0.0541. The molecule has 0 aliphatic carbocycles. The largest absolute Gasteiger partial charge is 0.503 e. The van der Waals surface area contributed by atoms with Crippen LogP contribution in [0, 0.1) is 0 Å². The van der Waals surface area contributed by atoms with Crippen molar-refractivity contribution in [2.75, 3.05) is 18.9 Å². The van der Waals surface area contributed by atoms with E-state index in [9.17, 15) is 34.0 Å². The summed E-state index contributed by atoms with van der Waals surface area (Å²) in [6.45, 7) is 0.150. The minimum absolute atomic E-state index is 0.138. The summed E-state index contributed by atoms with van der Waals surface area (Å²) < 4.78 is 42.8. The van der Waals surface area contributed by atoms with E-state index in [0.717, 1.165) is 9.47 Å². The summed E-state index contributed by atoms with van der Waals surface area (Å²) in [6.07, 6.45) is -6.51. The van der Waals surface area contributed by atoms with Crippen LogP contribution in [0.5, 0.6) is 5.75 Å². The summed E-state index contributed by atoms with van der Waals surface area (Å²) >= 11 is 0. The minimum Gasteiger partial charge on any atom is -0.503 e. The number of hydrogen-bond acceptors (Lipinski definition) is 13. The number of anilines is 1. The number of nitrogens with zero attached hydrogens (tertiary/aromatic N) is 3. The van der Waals surface area contributed by atoms with Crippen molar-refractivity contribution < 1.29 is 67.3 Å². The van der Waals surface area contributed by atoms with Gasteiger partial charge in [0.1, 0.15) is 24.7 Å². The first kappa shape index (κ1) is 31.5. The van der Waals surface area contributed by atoms with Crippen LogP contribution in [0.25, 0.3) is 0 Å². The average Bonchev–Trinajstić information content (AvgIpc) is 3.40. The van der Waals surface area contributed by atoms with Gasteiger partial charge >= 0.3 is 27.4 Å². The van der Waals surface area contributed by atoms with Gasteiger partial charge in [-0.15, -0.1) is 0 Å². The number of nitrogen functional groups attached to an aromatic ring is 1. The average molecular weight is 629 g/mol. The number of ether oxygens (including phenoxy) is 2. The second kappa shape index (κ2) is 11.7. The summed E-state index contributed by atoms with van der Waals surface area (Å²) in [5.41, 5.74) is 4.74. The Labute approximate surface area is 230 Å². The number of hydrogen-bond donors (Lipinski definition) is 9. The number of aromatic hydroxyl groups is 1. The highest BCUT2D eigenvalue weighted by Crippen LogP contribution is 2.41. The van der Waals surface area contributed by atoms with Crippen molar-refractivity contribution in [2.45, 2.75) is 62.7 Å². The molecule has 2 saturated heterocycles. The first-order valence-electron chi connectivity index (χ1n) is 11.9. The highest BCUT2D eigenvalue weighted by atomic mass is 31.2. The first-order valence-corrected chi connectivity index (χ1v) is 15.0. The molecule has 1 unspecified atom stereocenters. The maximum Gasteiger partial charge on any atom is 0.469 e. The van der Waals surface area contributed by atoms with Gasteiger partial charge in [0.25, 0.3) is 0 Å². The summed E-state index contributed by atoms with van der Waals surface area (Å²) in [5, 5.41) is 34.0. The Hall–Kier alpha value is -2.45. The summed E-state index contributed by atoms with van der Waals surface area (Å²) in [7, 11) is -9.73. The molecule has 0 spiro atoms. The Balaban J connectivity index is 1.60. The van der Waals surface area contributed by atoms with Crippen molar-refractivity contribution in [3.63, 3.8) is 0 Å². The zero-order valence-electron chi connectivity index (χ0n) is 21.2. The van der Waals surface area contributed by atoms with Crippen molar-refractivity contribution >= 4 is 27.5 Å². The standard InChI is InChI=1S/C19H29N5O15P2/c1-7-4-23(12-2-8(25)10(38-12)5-36-40(30,31)32)18(28)21-14(7)15-16(27)17(20)22-19(29)24(15)13-3-9(26)11(39-13)6-37-41(33,34)35/h4,8-14,25-27H,2-3,5-6H2,1H3,(H,21,28)(H2,20,22,29)(H2,30,31,32)(H2,33,34,35)/t8-,9-,10+,11+,12+,13+,14?/m0/s1.